The van der Waals surface area contributed by atoms with Crippen LogP contribution in [0.4, 0.5) is 0 Å². The average molecular weight is 248 g/mol. The van der Waals surface area contributed by atoms with E-state index in [1.165, 1.54) is 32.1 Å². The van der Waals surface area contributed by atoms with Crippen LogP contribution >= 0.6 is 0 Å². The number of hydrogen-bond acceptors (Lipinski definition) is 3. The molecule has 3 atom stereocenters. The topological polar surface area (TPSA) is 48.1 Å². The van der Waals surface area contributed by atoms with Crippen LogP contribution in [0.5, 0.6) is 5.75 Å². The molecule has 2 rings (SSSR count). The largest absolute Gasteiger partial charge is 0.489 e. The van der Waals surface area contributed by atoms with Crippen LogP contribution in [0.25, 0.3) is 0 Å². The highest BCUT2D eigenvalue weighted by Crippen LogP contribution is 2.30. The van der Waals surface area contributed by atoms with Gasteiger partial charge in [0.1, 0.15) is 11.9 Å². The van der Waals surface area contributed by atoms with E-state index >= 15 is 0 Å². The molecule has 0 bridgehead atoms. The lowest BCUT2D eigenvalue weighted by Gasteiger charge is -2.31. The fraction of sp³-hybridized carbons (Fsp3) is 0.667. The van der Waals surface area contributed by atoms with Gasteiger partial charge in [-0.3, -0.25) is 4.98 Å². The van der Waals surface area contributed by atoms with Crippen molar-refractivity contribution in [2.45, 2.75) is 58.1 Å². The Morgan fingerprint density at radius 2 is 2.17 bits per heavy atom. The third kappa shape index (κ3) is 3.22. The van der Waals surface area contributed by atoms with Crippen molar-refractivity contribution >= 4 is 0 Å². The summed E-state index contributed by atoms with van der Waals surface area (Å²) in [6, 6.07) is 3.94. The molecule has 1 fully saturated rings. The summed E-state index contributed by atoms with van der Waals surface area (Å²) < 4.78 is 6.09. The average Bonchev–Trinajstić information content (AvgIpc) is 2.40. The van der Waals surface area contributed by atoms with Gasteiger partial charge in [0, 0.05) is 6.04 Å². The molecule has 3 nitrogen and oxygen atoms in total. The molecule has 0 spiro atoms. The molecule has 0 aromatic carbocycles. The van der Waals surface area contributed by atoms with E-state index in [1.54, 1.807) is 6.20 Å². The molecule has 1 aromatic rings. The van der Waals surface area contributed by atoms with Gasteiger partial charge < -0.3 is 10.5 Å². The van der Waals surface area contributed by atoms with Gasteiger partial charge in [-0.2, -0.15) is 0 Å². The SMILES string of the molecule is CCC1CCCCC1Oc1ccc(C(C)N)nc1. The zero-order valence-electron chi connectivity index (χ0n) is 11.4. The number of nitrogens with two attached hydrogens (primary N) is 1. The van der Waals surface area contributed by atoms with Crippen LogP contribution in [-0.4, -0.2) is 11.1 Å². The minimum absolute atomic E-state index is 0.0166. The number of aromatic nitrogens is 1. The van der Waals surface area contributed by atoms with Crippen molar-refractivity contribution in [2.24, 2.45) is 11.7 Å². The van der Waals surface area contributed by atoms with E-state index in [9.17, 15) is 0 Å². The molecule has 3 unspecified atom stereocenters. The lowest BCUT2D eigenvalue weighted by atomic mass is 9.85. The summed E-state index contributed by atoms with van der Waals surface area (Å²) >= 11 is 0. The second kappa shape index (κ2) is 6.19. The van der Waals surface area contributed by atoms with E-state index in [4.69, 9.17) is 10.5 Å². The van der Waals surface area contributed by atoms with Crippen molar-refractivity contribution < 1.29 is 4.74 Å². The highest BCUT2D eigenvalue weighted by molar-refractivity contribution is 5.21. The summed E-state index contributed by atoms with van der Waals surface area (Å²) in [4.78, 5) is 4.34. The second-order valence-electron chi connectivity index (χ2n) is 5.32. The fourth-order valence-electron chi connectivity index (χ4n) is 2.70. The molecule has 0 radical (unpaired) electrons. The number of hydrogen-bond donors (Lipinski definition) is 1. The summed E-state index contributed by atoms with van der Waals surface area (Å²) in [7, 11) is 0. The zero-order valence-corrected chi connectivity index (χ0v) is 11.4. The summed E-state index contributed by atoms with van der Waals surface area (Å²) in [5, 5.41) is 0. The predicted octanol–water partition coefficient (Wildman–Crippen LogP) is 3.45. The van der Waals surface area contributed by atoms with Gasteiger partial charge in [-0.15, -0.1) is 0 Å². The van der Waals surface area contributed by atoms with Crippen molar-refractivity contribution in [2.75, 3.05) is 0 Å². The predicted molar refractivity (Wildman–Crippen MR) is 73.5 cm³/mol. The van der Waals surface area contributed by atoms with Gasteiger partial charge >= 0.3 is 0 Å². The summed E-state index contributed by atoms with van der Waals surface area (Å²) in [6.07, 6.45) is 8.48. The molecule has 2 N–H and O–H groups in total. The van der Waals surface area contributed by atoms with Gasteiger partial charge in [0.25, 0.3) is 0 Å². The van der Waals surface area contributed by atoms with Crippen LogP contribution in [0.2, 0.25) is 0 Å². The standard InChI is InChI=1S/C15H24N2O/c1-3-12-6-4-5-7-15(12)18-13-8-9-14(11(2)16)17-10-13/h8-12,15H,3-7,16H2,1-2H3. The van der Waals surface area contributed by atoms with Crippen LogP contribution in [-0.2, 0) is 0 Å². The molecule has 1 aliphatic carbocycles. The van der Waals surface area contributed by atoms with Crippen molar-refractivity contribution in [3.8, 4) is 5.75 Å². The monoisotopic (exact) mass is 248 g/mol. The highest BCUT2D eigenvalue weighted by Gasteiger charge is 2.25. The maximum absolute atomic E-state index is 6.09. The molecule has 1 aliphatic rings. The summed E-state index contributed by atoms with van der Waals surface area (Å²) in [5.74, 6) is 1.58. The van der Waals surface area contributed by atoms with Crippen LogP contribution < -0.4 is 10.5 Å². The molecular weight excluding hydrogens is 224 g/mol. The van der Waals surface area contributed by atoms with E-state index in [0.717, 1.165) is 11.4 Å². The number of nitrogens with zero attached hydrogens (tertiary/aromatic N) is 1. The van der Waals surface area contributed by atoms with E-state index in [1.807, 2.05) is 19.1 Å². The van der Waals surface area contributed by atoms with E-state index in [2.05, 4.69) is 11.9 Å². The van der Waals surface area contributed by atoms with Gasteiger partial charge in [0.15, 0.2) is 0 Å². The van der Waals surface area contributed by atoms with Gasteiger partial charge in [0.05, 0.1) is 11.9 Å². The smallest absolute Gasteiger partial charge is 0.138 e. The third-order valence-corrected chi connectivity index (χ3v) is 3.88. The molecule has 3 heteroatoms. The van der Waals surface area contributed by atoms with E-state index in [-0.39, 0.29) is 6.04 Å². The molecule has 1 aromatic heterocycles. The molecule has 18 heavy (non-hydrogen) atoms. The van der Waals surface area contributed by atoms with Crippen LogP contribution in [0.15, 0.2) is 18.3 Å². The molecule has 0 amide bonds. The van der Waals surface area contributed by atoms with Crippen molar-refractivity contribution in [1.29, 1.82) is 0 Å². The Balaban J connectivity index is 1.99. The van der Waals surface area contributed by atoms with Crippen molar-refractivity contribution in [1.82, 2.24) is 4.98 Å². The molecule has 0 aliphatic heterocycles. The minimum atomic E-state index is -0.0166. The Bertz CT molecular complexity index is 361. The number of rotatable bonds is 4. The Kier molecular flexibility index (Phi) is 4.59. The Hall–Kier alpha value is -1.09. The van der Waals surface area contributed by atoms with Crippen LogP contribution in [0, 0.1) is 5.92 Å². The maximum Gasteiger partial charge on any atom is 0.138 e. The first kappa shape index (κ1) is 13.3. The Labute approximate surface area is 110 Å². The van der Waals surface area contributed by atoms with Crippen LogP contribution in [0.1, 0.15) is 57.7 Å². The van der Waals surface area contributed by atoms with Gasteiger partial charge in [0.2, 0.25) is 0 Å². The summed E-state index contributed by atoms with van der Waals surface area (Å²) in [6.45, 7) is 4.20. The molecular formula is C15H24N2O. The van der Waals surface area contributed by atoms with Gasteiger partial charge in [-0.1, -0.05) is 13.3 Å². The molecule has 100 valence electrons. The third-order valence-electron chi connectivity index (χ3n) is 3.88. The van der Waals surface area contributed by atoms with Crippen molar-refractivity contribution in [3.05, 3.63) is 24.0 Å². The molecule has 1 heterocycles. The summed E-state index contributed by atoms with van der Waals surface area (Å²) in [5.41, 5.74) is 6.70. The first-order valence-electron chi connectivity index (χ1n) is 7.09. The zero-order chi connectivity index (χ0) is 13.0. The first-order valence-corrected chi connectivity index (χ1v) is 7.09. The number of ether oxygens (including phenoxy) is 1. The van der Waals surface area contributed by atoms with E-state index < -0.39 is 0 Å². The Morgan fingerprint density at radius 1 is 1.39 bits per heavy atom. The van der Waals surface area contributed by atoms with Crippen LogP contribution in [0.3, 0.4) is 0 Å². The van der Waals surface area contributed by atoms with Gasteiger partial charge in [-0.05, 0) is 50.7 Å². The fourth-order valence-corrected chi connectivity index (χ4v) is 2.70. The quantitative estimate of drug-likeness (QED) is 0.887. The van der Waals surface area contributed by atoms with Gasteiger partial charge in [-0.25, -0.2) is 0 Å². The molecule has 0 saturated heterocycles. The van der Waals surface area contributed by atoms with E-state index in [0.29, 0.717) is 12.0 Å². The molecule has 1 saturated carbocycles. The normalized spacial score (nSPS) is 25.7. The number of pyridine rings is 1. The Morgan fingerprint density at radius 3 is 2.78 bits per heavy atom. The maximum atomic E-state index is 6.09. The lowest BCUT2D eigenvalue weighted by molar-refractivity contribution is 0.0900. The highest BCUT2D eigenvalue weighted by atomic mass is 16.5. The lowest BCUT2D eigenvalue weighted by Crippen LogP contribution is -2.29. The second-order valence-corrected chi connectivity index (χ2v) is 5.32. The van der Waals surface area contributed by atoms with Crippen molar-refractivity contribution in [3.63, 3.8) is 0 Å². The first-order chi connectivity index (χ1) is 8.70. The minimum Gasteiger partial charge on any atom is -0.489 e.